The first kappa shape index (κ1) is 16.8. The van der Waals surface area contributed by atoms with Gasteiger partial charge in [0, 0.05) is 29.1 Å². The van der Waals surface area contributed by atoms with Gasteiger partial charge in [0.15, 0.2) is 6.10 Å². The summed E-state index contributed by atoms with van der Waals surface area (Å²) in [6.07, 6.45) is -1.53. The van der Waals surface area contributed by atoms with Crippen LogP contribution in [-0.4, -0.2) is 20.6 Å². The standard InChI is InChI=1S/C19H15FN4O4/c20-12-3-14-7(1-13(12)22)9(4-21)10-5-24-15(16(10)23-14)2-8-11(18(24)26)6-28-19(27)17(8)25/h1-3,17,25H,4-6,21-22H2. The number of pyridine rings is 2. The average molecular weight is 382 g/mol. The highest BCUT2D eigenvalue weighted by molar-refractivity contribution is 5.90. The highest BCUT2D eigenvalue weighted by atomic mass is 19.1. The number of nitrogens with two attached hydrogens (primary N) is 2. The Morgan fingerprint density at radius 1 is 1.29 bits per heavy atom. The van der Waals surface area contributed by atoms with Gasteiger partial charge in [-0.3, -0.25) is 4.79 Å². The van der Waals surface area contributed by atoms with Gasteiger partial charge in [-0.25, -0.2) is 14.2 Å². The van der Waals surface area contributed by atoms with E-state index in [1.165, 1.54) is 16.7 Å². The summed E-state index contributed by atoms with van der Waals surface area (Å²) in [6, 6.07) is 4.29. The zero-order chi connectivity index (χ0) is 19.7. The third-order valence-corrected chi connectivity index (χ3v) is 5.40. The number of aliphatic hydroxyl groups excluding tert-OH is 1. The number of hydrogen-bond donors (Lipinski definition) is 3. The number of hydrogen-bond acceptors (Lipinski definition) is 7. The van der Waals surface area contributed by atoms with Crippen LogP contribution in [-0.2, 0) is 29.2 Å². The lowest BCUT2D eigenvalue weighted by Crippen LogP contribution is -2.32. The molecule has 0 fully saturated rings. The van der Waals surface area contributed by atoms with Crippen molar-refractivity contribution < 1.29 is 19.0 Å². The number of carbonyl (C=O) groups is 1. The fraction of sp³-hybridized carbons (Fsp3) is 0.211. The molecule has 2 aromatic heterocycles. The van der Waals surface area contributed by atoms with E-state index in [0.717, 1.165) is 11.1 Å². The molecule has 1 aromatic carbocycles. The minimum atomic E-state index is -1.53. The number of nitrogens with zero attached hydrogens (tertiary/aromatic N) is 2. The first-order chi connectivity index (χ1) is 13.4. The molecule has 1 atom stereocenters. The van der Waals surface area contributed by atoms with Crippen LogP contribution in [0.5, 0.6) is 0 Å². The summed E-state index contributed by atoms with van der Waals surface area (Å²) in [5, 5.41) is 10.8. The first-order valence-electron chi connectivity index (χ1n) is 8.63. The maximum absolute atomic E-state index is 14.0. The Morgan fingerprint density at radius 2 is 2.07 bits per heavy atom. The minimum absolute atomic E-state index is 0.00845. The Bertz CT molecular complexity index is 1270. The van der Waals surface area contributed by atoms with E-state index in [2.05, 4.69) is 4.98 Å². The van der Waals surface area contributed by atoms with E-state index in [1.807, 2.05) is 0 Å². The molecule has 0 aliphatic carbocycles. The van der Waals surface area contributed by atoms with E-state index in [1.54, 1.807) is 6.07 Å². The normalized spacial score (nSPS) is 17.2. The number of aliphatic hydroxyl groups is 1. The molecule has 0 radical (unpaired) electrons. The summed E-state index contributed by atoms with van der Waals surface area (Å²) < 4.78 is 20.4. The Kier molecular flexibility index (Phi) is 3.37. The Morgan fingerprint density at radius 3 is 2.82 bits per heavy atom. The molecule has 5 N–H and O–H groups in total. The largest absolute Gasteiger partial charge is 0.458 e. The van der Waals surface area contributed by atoms with Crippen molar-refractivity contribution in [2.24, 2.45) is 5.73 Å². The van der Waals surface area contributed by atoms with E-state index in [9.17, 15) is 19.1 Å². The number of ether oxygens (including phenoxy) is 1. The molecule has 5 rings (SSSR count). The van der Waals surface area contributed by atoms with Gasteiger partial charge in [-0.2, -0.15) is 0 Å². The van der Waals surface area contributed by atoms with E-state index in [4.69, 9.17) is 16.2 Å². The molecule has 2 aliphatic rings. The number of aromatic nitrogens is 2. The van der Waals surface area contributed by atoms with Crippen LogP contribution in [0, 0.1) is 5.82 Å². The molecule has 0 saturated heterocycles. The van der Waals surface area contributed by atoms with E-state index in [-0.39, 0.29) is 42.1 Å². The van der Waals surface area contributed by atoms with Crippen molar-refractivity contribution in [3.8, 4) is 11.4 Å². The molecule has 142 valence electrons. The SMILES string of the molecule is NCc1c2c(nc3cc(F)c(N)cc13)-c1cc3c(c(=O)n1C2)COC(=O)C3O. The summed E-state index contributed by atoms with van der Waals surface area (Å²) in [5.74, 6) is -1.40. The van der Waals surface area contributed by atoms with Gasteiger partial charge >= 0.3 is 5.97 Å². The summed E-state index contributed by atoms with van der Waals surface area (Å²) >= 11 is 0. The lowest BCUT2D eigenvalue weighted by atomic mass is 9.98. The first-order valence-corrected chi connectivity index (χ1v) is 8.63. The summed E-state index contributed by atoms with van der Waals surface area (Å²) in [5.41, 5.74) is 14.5. The monoisotopic (exact) mass is 382 g/mol. The van der Waals surface area contributed by atoms with Crippen LogP contribution >= 0.6 is 0 Å². The Labute approximate surface area is 157 Å². The second-order valence-electron chi connectivity index (χ2n) is 6.88. The summed E-state index contributed by atoms with van der Waals surface area (Å²) in [4.78, 5) is 29.2. The predicted molar refractivity (Wildman–Crippen MR) is 97.6 cm³/mol. The summed E-state index contributed by atoms with van der Waals surface area (Å²) in [6.45, 7) is 0.189. The number of rotatable bonds is 1. The van der Waals surface area contributed by atoms with E-state index >= 15 is 0 Å². The minimum Gasteiger partial charge on any atom is -0.458 e. The van der Waals surface area contributed by atoms with Crippen LogP contribution in [0.3, 0.4) is 0 Å². The smallest absolute Gasteiger partial charge is 0.340 e. The predicted octanol–water partition coefficient (Wildman–Crippen LogP) is 0.695. The van der Waals surface area contributed by atoms with Crippen molar-refractivity contribution in [3.63, 3.8) is 0 Å². The van der Waals surface area contributed by atoms with Gasteiger partial charge in [-0.1, -0.05) is 0 Å². The number of cyclic esters (lactones) is 1. The van der Waals surface area contributed by atoms with Gasteiger partial charge in [0.25, 0.3) is 5.56 Å². The van der Waals surface area contributed by atoms with Crippen molar-refractivity contribution in [2.45, 2.75) is 25.8 Å². The average Bonchev–Trinajstić information content (AvgIpc) is 3.03. The van der Waals surface area contributed by atoms with Crippen molar-refractivity contribution in [1.29, 1.82) is 0 Å². The molecule has 0 saturated carbocycles. The van der Waals surface area contributed by atoms with Crippen molar-refractivity contribution in [2.75, 3.05) is 5.73 Å². The number of carbonyl (C=O) groups excluding carboxylic acids is 1. The third kappa shape index (κ3) is 2.08. The molecule has 1 unspecified atom stereocenters. The summed E-state index contributed by atoms with van der Waals surface area (Å²) in [7, 11) is 0. The quantitative estimate of drug-likeness (QED) is 0.326. The molecule has 0 amide bonds. The van der Waals surface area contributed by atoms with Crippen LogP contribution in [0.1, 0.15) is 28.4 Å². The number of benzene rings is 1. The lowest BCUT2D eigenvalue weighted by molar-refractivity contribution is -0.157. The molecule has 0 bridgehead atoms. The number of fused-ring (bicyclic) bond motifs is 5. The second kappa shape index (κ2) is 5.60. The fourth-order valence-corrected chi connectivity index (χ4v) is 3.98. The fourth-order valence-electron chi connectivity index (χ4n) is 3.98. The number of esters is 1. The van der Waals surface area contributed by atoms with Crippen LogP contribution in [0.25, 0.3) is 22.3 Å². The Balaban J connectivity index is 1.84. The highest BCUT2D eigenvalue weighted by Gasteiger charge is 2.34. The van der Waals surface area contributed by atoms with Gasteiger partial charge in [-0.05, 0) is 17.7 Å². The van der Waals surface area contributed by atoms with Gasteiger partial charge in [-0.15, -0.1) is 0 Å². The molecule has 0 spiro atoms. The molecular formula is C19H15FN4O4. The van der Waals surface area contributed by atoms with Crippen molar-refractivity contribution in [3.05, 3.63) is 56.6 Å². The maximum Gasteiger partial charge on any atom is 0.340 e. The van der Waals surface area contributed by atoms with Gasteiger partial charge in [0.1, 0.15) is 12.4 Å². The molecule has 8 nitrogen and oxygen atoms in total. The number of nitrogen functional groups attached to an aromatic ring is 1. The molecule has 2 aliphatic heterocycles. The zero-order valence-electron chi connectivity index (χ0n) is 14.5. The van der Waals surface area contributed by atoms with Gasteiger partial charge in [0.05, 0.1) is 34.7 Å². The molecule has 3 aromatic rings. The maximum atomic E-state index is 14.0. The van der Waals surface area contributed by atoms with E-state index < -0.39 is 17.9 Å². The lowest BCUT2D eigenvalue weighted by Gasteiger charge is -2.21. The number of halogens is 1. The van der Waals surface area contributed by atoms with Crippen LogP contribution < -0.4 is 17.0 Å². The van der Waals surface area contributed by atoms with Crippen LogP contribution in [0.2, 0.25) is 0 Å². The highest BCUT2D eigenvalue weighted by Crippen LogP contribution is 2.38. The molecule has 4 heterocycles. The zero-order valence-corrected chi connectivity index (χ0v) is 14.5. The van der Waals surface area contributed by atoms with E-state index in [0.29, 0.717) is 22.3 Å². The Hall–Kier alpha value is -3.30. The van der Waals surface area contributed by atoms with Crippen molar-refractivity contribution in [1.82, 2.24) is 9.55 Å². The number of anilines is 1. The van der Waals surface area contributed by atoms with Crippen LogP contribution in [0.4, 0.5) is 10.1 Å². The topological polar surface area (TPSA) is 133 Å². The van der Waals surface area contributed by atoms with Crippen molar-refractivity contribution >= 4 is 22.6 Å². The third-order valence-electron chi connectivity index (χ3n) is 5.40. The van der Waals surface area contributed by atoms with Gasteiger partial charge < -0.3 is 25.9 Å². The second-order valence-corrected chi connectivity index (χ2v) is 6.88. The molecule has 28 heavy (non-hydrogen) atoms. The van der Waals surface area contributed by atoms with Crippen LogP contribution in [0.15, 0.2) is 23.0 Å². The molecular weight excluding hydrogens is 367 g/mol. The van der Waals surface area contributed by atoms with Gasteiger partial charge in [0.2, 0.25) is 0 Å². The molecule has 9 heteroatoms.